The van der Waals surface area contributed by atoms with Gasteiger partial charge in [0.1, 0.15) is 5.84 Å². The topological polar surface area (TPSA) is 128 Å². The fourth-order valence-electron chi connectivity index (χ4n) is 1.20. The molecule has 1 rings (SSSR count). The molecule has 1 aliphatic rings. The summed E-state index contributed by atoms with van der Waals surface area (Å²) in [6.07, 6.45) is 0.00355. The molecule has 0 saturated heterocycles. The maximum atomic E-state index is 11.4. The first-order valence-corrected chi connectivity index (χ1v) is 9.28. The van der Waals surface area contributed by atoms with Crippen LogP contribution in [0.5, 0.6) is 0 Å². The molecule has 0 radical (unpaired) electrons. The maximum Gasteiger partial charge on any atom is 0.349 e. The van der Waals surface area contributed by atoms with Crippen LogP contribution < -0.4 is 5.48 Å². The zero-order valence-electron chi connectivity index (χ0n) is 9.47. The number of rotatable bonds is 5. The monoisotopic (exact) mass is 318 g/mol. The van der Waals surface area contributed by atoms with Gasteiger partial charge in [-0.2, -0.15) is 17.3 Å². The van der Waals surface area contributed by atoms with Crippen molar-refractivity contribution in [3.63, 3.8) is 0 Å². The predicted molar refractivity (Wildman–Crippen MR) is 70.1 cm³/mol. The molecule has 2 atom stereocenters. The number of hydrogen-bond donors (Lipinski definition) is 5. The van der Waals surface area contributed by atoms with E-state index in [1.54, 1.807) is 0 Å². The van der Waals surface area contributed by atoms with Gasteiger partial charge >= 0.3 is 15.2 Å². The van der Waals surface area contributed by atoms with E-state index >= 15 is 0 Å². The Morgan fingerprint density at radius 1 is 1.39 bits per heavy atom. The fraction of sp³-hybridized carbons (Fsp3) is 0.857. The first-order valence-electron chi connectivity index (χ1n) is 5.20. The van der Waals surface area contributed by atoms with Crippen molar-refractivity contribution < 1.29 is 28.4 Å². The van der Waals surface area contributed by atoms with Gasteiger partial charge in [0.15, 0.2) is 0 Å². The third-order valence-corrected chi connectivity index (χ3v) is 4.93. The van der Waals surface area contributed by atoms with E-state index in [-0.39, 0.29) is 5.25 Å². The number of hydrogen-bond acceptors (Lipinski definition) is 6. The Hall–Kier alpha value is 0.120. The molecule has 106 valence electrons. The summed E-state index contributed by atoms with van der Waals surface area (Å²) in [4.78, 5) is 30.6. The minimum Gasteiger partial charge on any atom is -0.324 e. The van der Waals surface area contributed by atoms with Gasteiger partial charge in [0.25, 0.3) is 0 Å². The van der Waals surface area contributed by atoms with E-state index in [4.69, 9.17) is 9.79 Å². The zero-order valence-corrected chi connectivity index (χ0v) is 12.2. The van der Waals surface area contributed by atoms with Gasteiger partial charge in [-0.05, 0) is 6.42 Å². The second-order valence-corrected chi connectivity index (χ2v) is 8.33. The van der Waals surface area contributed by atoms with Crippen LogP contribution in [0.3, 0.4) is 0 Å². The van der Waals surface area contributed by atoms with Crippen molar-refractivity contribution in [1.29, 1.82) is 0 Å². The molecular weight excluding hydrogens is 302 g/mol. The van der Waals surface area contributed by atoms with Crippen molar-refractivity contribution in [3.8, 4) is 0 Å². The summed E-state index contributed by atoms with van der Waals surface area (Å²) in [7, 11) is -8.38. The van der Waals surface area contributed by atoms with E-state index in [0.29, 0.717) is 18.8 Å². The van der Waals surface area contributed by atoms with E-state index in [9.17, 15) is 14.0 Å². The van der Waals surface area contributed by atoms with Gasteiger partial charge in [0.2, 0.25) is 0 Å². The number of nitrogens with one attached hydrogen (secondary N) is 1. The molecule has 0 bridgehead atoms. The van der Waals surface area contributed by atoms with Crippen LogP contribution in [0.4, 0.5) is 0 Å². The molecule has 11 heteroatoms. The molecule has 0 fully saturated rings. The third kappa shape index (κ3) is 6.89. The van der Waals surface area contributed by atoms with Crippen molar-refractivity contribution >= 4 is 33.7 Å². The Balaban J connectivity index is 2.37. The minimum absolute atomic E-state index is 0.172. The van der Waals surface area contributed by atoms with Crippen molar-refractivity contribution in [2.75, 3.05) is 18.9 Å². The Bertz CT molecular complexity index is 411. The lowest BCUT2D eigenvalue weighted by Gasteiger charge is -2.19. The van der Waals surface area contributed by atoms with E-state index in [1.165, 1.54) is 0 Å². The second-order valence-electron chi connectivity index (χ2n) is 3.92. The molecule has 18 heavy (non-hydrogen) atoms. The standard InChI is InChI=1S/C7H16N2O6P2S/c10-16(11,12)3-4-17(13,14)15-9-7-2-1-6(18)5-8-7/h6,18H,1-5H2,(H,8,9)(H,13,14)(H2,10,11,12). The molecule has 0 aliphatic carbocycles. The number of thiol groups is 1. The van der Waals surface area contributed by atoms with Gasteiger partial charge in [-0.15, -0.1) is 0 Å². The number of aliphatic imine (C=N–C) groups is 1. The van der Waals surface area contributed by atoms with Crippen molar-refractivity contribution in [2.24, 2.45) is 4.99 Å². The van der Waals surface area contributed by atoms with Crippen LogP contribution in [0.2, 0.25) is 0 Å². The molecule has 0 aromatic heterocycles. The lowest BCUT2D eigenvalue weighted by atomic mass is 10.2. The molecule has 0 saturated carbocycles. The van der Waals surface area contributed by atoms with Crippen molar-refractivity contribution in [1.82, 2.24) is 5.48 Å². The lowest BCUT2D eigenvalue weighted by Crippen LogP contribution is -2.28. The Morgan fingerprint density at radius 2 is 2.06 bits per heavy atom. The third-order valence-electron chi connectivity index (χ3n) is 2.19. The Morgan fingerprint density at radius 3 is 2.56 bits per heavy atom. The summed E-state index contributed by atoms with van der Waals surface area (Å²) in [5.74, 6) is 0.436. The quantitative estimate of drug-likeness (QED) is 0.281. The molecule has 0 spiro atoms. The summed E-state index contributed by atoms with van der Waals surface area (Å²) in [6.45, 7) is 0.493. The van der Waals surface area contributed by atoms with Crippen LogP contribution in [-0.2, 0) is 13.8 Å². The lowest BCUT2D eigenvalue weighted by molar-refractivity contribution is 0.214. The van der Waals surface area contributed by atoms with E-state index in [0.717, 1.165) is 6.42 Å². The predicted octanol–water partition coefficient (Wildman–Crippen LogP) is 0.361. The number of hydroxylamine groups is 1. The van der Waals surface area contributed by atoms with Gasteiger partial charge in [0.05, 0.1) is 18.9 Å². The zero-order chi connectivity index (χ0) is 13.8. The van der Waals surface area contributed by atoms with Crippen LogP contribution in [0, 0.1) is 0 Å². The average molecular weight is 318 g/mol. The van der Waals surface area contributed by atoms with Crippen LogP contribution in [0.25, 0.3) is 0 Å². The first kappa shape index (κ1) is 16.2. The smallest absolute Gasteiger partial charge is 0.324 e. The van der Waals surface area contributed by atoms with Gasteiger partial charge in [0, 0.05) is 11.7 Å². The SMILES string of the molecule is O=P(O)(O)CCP(=O)(O)ONC1=NCC(S)CC1. The maximum absolute atomic E-state index is 11.4. The highest BCUT2D eigenvalue weighted by Crippen LogP contribution is 2.46. The highest BCUT2D eigenvalue weighted by atomic mass is 32.1. The summed E-state index contributed by atoms with van der Waals surface area (Å²) in [5, 5.41) is 0.172. The van der Waals surface area contributed by atoms with Gasteiger partial charge < -0.3 is 14.7 Å². The number of nitrogens with zero attached hydrogens (tertiary/aromatic N) is 1. The summed E-state index contributed by atoms with van der Waals surface area (Å²) < 4.78 is 26.6. The molecule has 1 aliphatic heterocycles. The fourth-order valence-corrected chi connectivity index (χ4v) is 3.80. The first-order chi connectivity index (χ1) is 8.18. The molecule has 0 amide bonds. The number of amidine groups is 1. The molecular formula is C7H16N2O6P2S. The second kappa shape index (κ2) is 6.52. The molecule has 4 N–H and O–H groups in total. The van der Waals surface area contributed by atoms with E-state index in [2.05, 4.69) is 27.7 Å². The van der Waals surface area contributed by atoms with Crippen molar-refractivity contribution in [2.45, 2.75) is 18.1 Å². The van der Waals surface area contributed by atoms with Gasteiger partial charge in [-0.1, -0.05) is 0 Å². The Kier molecular flexibility index (Phi) is 5.86. The highest BCUT2D eigenvalue weighted by Gasteiger charge is 2.26. The van der Waals surface area contributed by atoms with Crippen molar-refractivity contribution in [3.05, 3.63) is 0 Å². The summed E-state index contributed by atoms with van der Waals surface area (Å²) >= 11 is 4.23. The molecule has 1 heterocycles. The van der Waals surface area contributed by atoms with Crippen LogP contribution in [0.15, 0.2) is 4.99 Å². The van der Waals surface area contributed by atoms with E-state index < -0.39 is 27.5 Å². The molecule has 0 aromatic rings. The largest absolute Gasteiger partial charge is 0.349 e. The van der Waals surface area contributed by atoms with Crippen LogP contribution in [0.1, 0.15) is 12.8 Å². The minimum atomic E-state index is -4.31. The van der Waals surface area contributed by atoms with E-state index in [1.807, 2.05) is 0 Å². The molecule has 8 nitrogen and oxygen atoms in total. The molecule has 2 unspecified atom stereocenters. The van der Waals surface area contributed by atoms with Crippen LogP contribution in [-0.4, -0.2) is 44.6 Å². The summed E-state index contributed by atoms with van der Waals surface area (Å²) in [6, 6.07) is 0. The van der Waals surface area contributed by atoms with Crippen LogP contribution >= 0.6 is 27.8 Å². The Labute approximate surface area is 110 Å². The average Bonchev–Trinajstić information content (AvgIpc) is 2.25. The van der Waals surface area contributed by atoms with Gasteiger partial charge in [-0.3, -0.25) is 14.1 Å². The highest BCUT2D eigenvalue weighted by molar-refractivity contribution is 7.81. The molecule has 0 aromatic carbocycles. The normalized spacial score (nSPS) is 24.2. The summed E-state index contributed by atoms with van der Waals surface area (Å²) in [5.41, 5.74) is 2.27. The van der Waals surface area contributed by atoms with Gasteiger partial charge in [-0.25, -0.2) is 5.48 Å².